The van der Waals surface area contributed by atoms with Crippen molar-refractivity contribution in [3.8, 4) is 0 Å². The quantitative estimate of drug-likeness (QED) is 0.694. The first-order valence-corrected chi connectivity index (χ1v) is 5.85. The predicted molar refractivity (Wildman–Crippen MR) is 59.6 cm³/mol. The van der Waals surface area contributed by atoms with Crippen LogP contribution in [0.25, 0.3) is 0 Å². The molecule has 0 aromatic heterocycles. The van der Waals surface area contributed by atoms with Gasteiger partial charge in [-0.25, -0.2) is 0 Å². The highest BCUT2D eigenvalue weighted by Gasteiger charge is 2.22. The molecule has 0 bridgehead atoms. The first-order valence-electron chi connectivity index (χ1n) is 5.85. The van der Waals surface area contributed by atoms with Gasteiger partial charge in [-0.3, -0.25) is 4.79 Å². The minimum absolute atomic E-state index is 0.163. The van der Waals surface area contributed by atoms with Gasteiger partial charge in [0.2, 0.25) is 5.91 Å². The van der Waals surface area contributed by atoms with Gasteiger partial charge in [0.05, 0.1) is 12.1 Å². The van der Waals surface area contributed by atoms with Crippen LogP contribution in [0.3, 0.4) is 0 Å². The van der Waals surface area contributed by atoms with Crippen LogP contribution < -0.4 is 5.32 Å². The lowest BCUT2D eigenvalue weighted by molar-refractivity contribution is -0.132. The molecule has 1 fully saturated rings. The molecule has 1 aliphatic rings. The Labute approximate surface area is 91.6 Å². The molecule has 2 atom stereocenters. The summed E-state index contributed by atoms with van der Waals surface area (Å²) in [7, 11) is 0. The van der Waals surface area contributed by atoms with Gasteiger partial charge in [0.1, 0.15) is 0 Å². The Morgan fingerprint density at radius 3 is 2.60 bits per heavy atom. The van der Waals surface area contributed by atoms with E-state index in [2.05, 4.69) is 5.32 Å². The Morgan fingerprint density at radius 2 is 2.07 bits per heavy atom. The summed E-state index contributed by atoms with van der Waals surface area (Å²) >= 11 is 0. The van der Waals surface area contributed by atoms with E-state index in [1.54, 1.807) is 0 Å². The van der Waals surface area contributed by atoms with Crippen LogP contribution in [-0.4, -0.2) is 47.7 Å². The predicted octanol–water partition coefficient (Wildman–Crippen LogP) is 0.358. The van der Waals surface area contributed by atoms with Crippen LogP contribution in [0.2, 0.25) is 0 Å². The summed E-state index contributed by atoms with van der Waals surface area (Å²) in [5.74, 6) is 0.163. The zero-order chi connectivity index (χ0) is 11.3. The molecule has 15 heavy (non-hydrogen) atoms. The first kappa shape index (κ1) is 12.5. The number of aliphatic hydroxyl groups is 1. The molecule has 0 spiro atoms. The summed E-state index contributed by atoms with van der Waals surface area (Å²) < 4.78 is 0. The number of hydrogen-bond donors (Lipinski definition) is 2. The van der Waals surface area contributed by atoms with Gasteiger partial charge in [-0.15, -0.1) is 0 Å². The fourth-order valence-corrected chi connectivity index (χ4v) is 1.76. The zero-order valence-corrected chi connectivity index (χ0v) is 9.70. The maximum Gasteiger partial charge on any atom is 0.239 e. The third kappa shape index (κ3) is 3.80. The molecular formula is C11H22N2O2. The number of nitrogens with one attached hydrogen (secondary N) is 1. The lowest BCUT2D eigenvalue weighted by atomic mass is 10.2. The summed E-state index contributed by atoms with van der Waals surface area (Å²) in [4.78, 5) is 13.7. The van der Waals surface area contributed by atoms with Gasteiger partial charge in [-0.2, -0.15) is 0 Å². The molecular weight excluding hydrogens is 192 g/mol. The highest BCUT2D eigenvalue weighted by Crippen LogP contribution is 2.08. The molecule has 1 heterocycles. The van der Waals surface area contributed by atoms with Crippen molar-refractivity contribution in [3.63, 3.8) is 0 Å². The molecule has 2 unspecified atom stereocenters. The summed E-state index contributed by atoms with van der Waals surface area (Å²) in [6.07, 6.45) is 2.61. The third-order valence-corrected chi connectivity index (χ3v) is 2.92. The fourth-order valence-electron chi connectivity index (χ4n) is 1.76. The third-order valence-electron chi connectivity index (χ3n) is 2.92. The molecule has 1 saturated heterocycles. The van der Waals surface area contributed by atoms with E-state index in [4.69, 9.17) is 0 Å². The van der Waals surface area contributed by atoms with E-state index < -0.39 is 0 Å². The van der Waals surface area contributed by atoms with Crippen molar-refractivity contribution in [2.75, 3.05) is 19.6 Å². The Balaban J connectivity index is 2.26. The van der Waals surface area contributed by atoms with Gasteiger partial charge in [0.15, 0.2) is 0 Å². The SMILES string of the molecule is CCC(O)CNC(C)C(=O)N1CCCC1. The van der Waals surface area contributed by atoms with E-state index >= 15 is 0 Å². The largest absolute Gasteiger partial charge is 0.392 e. The first-order chi connectivity index (χ1) is 7.15. The molecule has 1 rings (SSSR count). The monoisotopic (exact) mass is 214 g/mol. The van der Waals surface area contributed by atoms with E-state index in [9.17, 15) is 9.90 Å². The molecule has 0 aromatic rings. The van der Waals surface area contributed by atoms with Gasteiger partial charge in [0.25, 0.3) is 0 Å². The van der Waals surface area contributed by atoms with Crippen molar-refractivity contribution in [2.45, 2.75) is 45.3 Å². The normalized spacial score (nSPS) is 20.3. The van der Waals surface area contributed by atoms with Crippen molar-refractivity contribution in [1.82, 2.24) is 10.2 Å². The van der Waals surface area contributed by atoms with Crippen LogP contribution in [0, 0.1) is 0 Å². The van der Waals surface area contributed by atoms with E-state index in [1.165, 1.54) is 0 Å². The highest BCUT2D eigenvalue weighted by atomic mass is 16.3. The van der Waals surface area contributed by atoms with Gasteiger partial charge in [0, 0.05) is 19.6 Å². The van der Waals surface area contributed by atoms with E-state index in [1.807, 2.05) is 18.7 Å². The molecule has 0 aliphatic carbocycles. The highest BCUT2D eigenvalue weighted by molar-refractivity contribution is 5.81. The molecule has 0 saturated carbocycles. The lowest BCUT2D eigenvalue weighted by Crippen LogP contribution is -2.45. The Hall–Kier alpha value is -0.610. The zero-order valence-electron chi connectivity index (χ0n) is 9.70. The van der Waals surface area contributed by atoms with E-state index in [-0.39, 0.29) is 18.1 Å². The Bertz CT molecular complexity index is 203. The molecule has 1 aliphatic heterocycles. The van der Waals surface area contributed by atoms with Crippen molar-refractivity contribution in [2.24, 2.45) is 0 Å². The number of likely N-dealkylation sites (tertiary alicyclic amines) is 1. The molecule has 2 N–H and O–H groups in total. The van der Waals surface area contributed by atoms with Crippen LogP contribution in [-0.2, 0) is 4.79 Å². The van der Waals surface area contributed by atoms with Crippen LogP contribution in [0.4, 0.5) is 0 Å². The van der Waals surface area contributed by atoms with Gasteiger partial charge in [-0.1, -0.05) is 6.92 Å². The second-order valence-corrected chi connectivity index (χ2v) is 4.22. The van der Waals surface area contributed by atoms with Crippen molar-refractivity contribution >= 4 is 5.91 Å². The number of aliphatic hydroxyl groups excluding tert-OH is 1. The van der Waals surface area contributed by atoms with Gasteiger partial charge >= 0.3 is 0 Å². The Kier molecular flexibility index (Phi) is 5.05. The molecule has 88 valence electrons. The molecule has 1 amide bonds. The Morgan fingerprint density at radius 1 is 1.47 bits per heavy atom. The summed E-state index contributed by atoms with van der Waals surface area (Å²) in [5.41, 5.74) is 0. The maximum atomic E-state index is 11.8. The van der Waals surface area contributed by atoms with Crippen molar-refractivity contribution in [1.29, 1.82) is 0 Å². The second-order valence-electron chi connectivity index (χ2n) is 4.22. The number of nitrogens with zero attached hydrogens (tertiary/aromatic N) is 1. The minimum Gasteiger partial charge on any atom is -0.392 e. The summed E-state index contributed by atoms with van der Waals surface area (Å²) in [5, 5.41) is 12.4. The number of rotatable bonds is 5. The minimum atomic E-state index is -0.348. The van der Waals surface area contributed by atoms with E-state index in [0.29, 0.717) is 6.54 Å². The van der Waals surface area contributed by atoms with E-state index in [0.717, 1.165) is 32.4 Å². The van der Waals surface area contributed by atoms with Crippen LogP contribution >= 0.6 is 0 Å². The maximum absolute atomic E-state index is 11.8. The smallest absolute Gasteiger partial charge is 0.239 e. The van der Waals surface area contributed by atoms with Gasteiger partial charge in [-0.05, 0) is 26.2 Å². The summed E-state index contributed by atoms with van der Waals surface area (Å²) in [6.45, 7) is 6.07. The number of carbonyl (C=O) groups is 1. The van der Waals surface area contributed by atoms with Crippen molar-refractivity contribution in [3.05, 3.63) is 0 Å². The lowest BCUT2D eigenvalue weighted by Gasteiger charge is -2.22. The van der Waals surface area contributed by atoms with Gasteiger partial charge < -0.3 is 15.3 Å². The topological polar surface area (TPSA) is 52.6 Å². The van der Waals surface area contributed by atoms with Crippen LogP contribution in [0.5, 0.6) is 0 Å². The molecule has 0 aromatic carbocycles. The van der Waals surface area contributed by atoms with Crippen LogP contribution in [0.15, 0.2) is 0 Å². The number of amides is 1. The second kappa shape index (κ2) is 6.08. The average Bonchev–Trinajstić information content (AvgIpc) is 2.77. The fraction of sp³-hybridized carbons (Fsp3) is 0.909. The summed E-state index contributed by atoms with van der Waals surface area (Å²) in [6, 6.07) is -0.177. The number of hydrogen-bond acceptors (Lipinski definition) is 3. The molecule has 0 radical (unpaired) electrons. The van der Waals surface area contributed by atoms with Crippen LogP contribution in [0.1, 0.15) is 33.1 Å². The standard InChI is InChI=1S/C11H22N2O2/c1-3-10(14)8-12-9(2)11(15)13-6-4-5-7-13/h9-10,12,14H,3-8H2,1-2H3. The van der Waals surface area contributed by atoms with Crippen molar-refractivity contribution < 1.29 is 9.90 Å². The average molecular weight is 214 g/mol. The molecule has 4 nitrogen and oxygen atoms in total. The number of carbonyl (C=O) groups excluding carboxylic acids is 1. The molecule has 4 heteroatoms.